The maximum absolute atomic E-state index is 11.6. The number of hydrogen-bond acceptors (Lipinski definition) is 4. The number of hydrogen-bond donors (Lipinski definition) is 2. The van der Waals surface area contributed by atoms with E-state index in [1.165, 1.54) is 4.90 Å². The first kappa shape index (κ1) is 15.9. The molecule has 1 fully saturated rings. The van der Waals surface area contributed by atoms with Gasteiger partial charge in [0.05, 0.1) is 0 Å². The Bertz CT molecular complexity index is 626. The summed E-state index contributed by atoms with van der Waals surface area (Å²) in [5.74, 6) is 1.44. The molecule has 2 aliphatic heterocycles. The van der Waals surface area contributed by atoms with Crippen molar-refractivity contribution in [3.8, 4) is 11.5 Å². The maximum atomic E-state index is 11.6. The summed E-state index contributed by atoms with van der Waals surface area (Å²) in [6, 6.07) is 5.63. The molecule has 6 nitrogen and oxygen atoms in total. The highest BCUT2D eigenvalue weighted by atomic mass is 16.7. The number of likely N-dealkylation sites (tertiary alicyclic amines) is 1. The van der Waals surface area contributed by atoms with Gasteiger partial charge in [0, 0.05) is 18.1 Å². The van der Waals surface area contributed by atoms with Gasteiger partial charge in [0.15, 0.2) is 11.5 Å². The van der Waals surface area contributed by atoms with Crippen LogP contribution >= 0.6 is 0 Å². The van der Waals surface area contributed by atoms with Crippen molar-refractivity contribution in [2.45, 2.75) is 45.2 Å². The summed E-state index contributed by atoms with van der Waals surface area (Å²) < 4.78 is 10.8. The minimum atomic E-state index is -0.877. The Kier molecular flexibility index (Phi) is 3.67. The molecule has 1 aromatic rings. The number of ether oxygens (including phenoxy) is 2. The Morgan fingerprint density at radius 2 is 2.04 bits per heavy atom. The Morgan fingerprint density at radius 3 is 2.70 bits per heavy atom. The summed E-state index contributed by atoms with van der Waals surface area (Å²) in [4.78, 5) is 13.1. The summed E-state index contributed by atoms with van der Waals surface area (Å²) in [5, 5.41) is 9.49. The highest BCUT2D eigenvalue weighted by Gasteiger charge is 2.45. The molecule has 1 aromatic carbocycles. The van der Waals surface area contributed by atoms with Crippen LogP contribution in [0.3, 0.4) is 0 Å². The van der Waals surface area contributed by atoms with E-state index in [1.54, 1.807) is 0 Å². The smallest absolute Gasteiger partial charge is 0.407 e. The topological polar surface area (TPSA) is 85.0 Å². The fraction of sp³-hybridized carbons (Fsp3) is 0.588. The van der Waals surface area contributed by atoms with E-state index in [2.05, 4.69) is 20.8 Å². The van der Waals surface area contributed by atoms with Crippen LogP contribution < -0.4 is 15.2 Å². The van der Waals surface area contributed by atoms with Crippen molar-refractivity contribution in [2.75, 3.05) is 13.3 Å². The Morgan fingerprint density at radius 1 is 1.35 bits per heavy atom. The highest BCUT2D eigenvalue weighted by Crippen LogP contribution is 2.43. The number of nitrogens with zero attached hydrogens (tertiary/aromatic N) is 1. The molecule has 1 amide bonds. The summed E-state index contributed by atoms with van der Waals surface area (Å²) in [6.07, 6.45) is 0.297. The van der Waals surface area contributed by atoms with E-state index in [4.69, 9.17) is 15.2 Å². The molecule has 126 valence electrons. The molecule has 2 aliphatic rings. The second kappa shape index (κ2) is 5.30. The van der Waals surface area contributed by atoms with Gasteiger partial charge in [-0.1, -0.05) is 26.8 Å². The lowest BCUT2D eigenvalue weighted by molar-refractivity contribution is 0.0310. The van der Waals surface area contributed by atoms with E-state index >= 15 is 0 Å². The molecule has 0 aromatic heterocycles. The summed E-state index contributed by atoms with van der Waals surface area (Å²) in [7, 11) is 0. The zero-order valence-electron chi connectivity index (χ0n) is 13.8. The van der Waals surface area contributed by atoms with Crippen molar-refractivity contribution in [3.05, 3.63) is 23.8 Å². The first-order valence-electron chi connectivity index (χ1n) is 7.89. The van der Waals surface area contributed by atoms with Gasteiger partial charge in [0.2, 0.25) is 6.79 Å². The average molecular weight is 320 g/mol. The lowest BCUT2D eigenvalue weighted by Crippen LogP contribution is -2.58. The number of benzene rings is 1. The fourth-order valence-corrected chi connectivity index (χ4v) is 3.50. The lowest BCUT2D eigenvalue weighted by atomic mass is 9.71. The second-order valence-electron chi connectivity index (χ2n) is 7.54. The summed E-state index contributed by atoms with van der Waals surface area (Å²) in [6.45, 7) is 6.83. The predicted molar refractivity (Wildman–Crippen MR) is 85.6 cm³/mol. The zero-order valence-corrected chi connectivity index (χ0v) is 13.8. The molecule has 3 rings (SSSR count). The van der Waals surface area contributed by atoms with Crippen molar-refractivity contribution in [1.82, 2.24) is 4.90 Å². The lowest BCUT2D eigenvalue weighted by Gasteiger charge is -2.49. The minimum absolute atomic E-state index is 0.135. The molecular weight excluding hydrogens is 296 g/mol. The Labute approximate surface area is 136 Å². The summed E-state index contributed by atoms with van der Waals surface area (Å²) >= 11 is 0. The average Bonchev–Trinajstić information content (AvgIpc) is 2.93. The van der Waals surface area contributed by atoms with Gasteiger partial charge in [-0.25, -0.2) is 4.79 Å². The molecule has 0 saturated carbocycles. The number of nitrogens with two attached hydrogens (primary N) is 1. The quantitative estimate of drug-likeness (QED) is 0.831. The molecule has 2 atom stereocenters. The Balaban J connectivity index is 1.92. The van der Waals surface area contributed by atoms with Gasteiger partial charge in [-0.15, -0.1) is 0 Å². The molecule has 6 heteroatoms. The van der Waals surface area contributed by atoms with Crippen molar-refractivity contribution in [1.29, 1.82) is 0 Å². The summed E-state index contributed by atoms with van der Waals surface area (Å²) in [5.41, 5.74) is 6.94. The van der Waals surface area contributed by atoms with E-state index in [-0.39, 0.29) is 18.2 Å². The number of carbonyl (C=O) groups is 1. The molecule has 1 saturated heterocycles. The van der Waals surface area contributed by atoms with Gasteiger partial charge in [0.25, 0.3) is 0 Å². The normalized spacial score (nSPS) is 27.1. The van der Waals surface area contributed by atoms with Crippen LogP contribution in [0.4, 0.5) is 4.79 Å². The number of amides is 1. The molecule has 2 unspecified atom stereocenters. The largest absolute Gasteiger partial charge is 0.465 e. The van der Waals surface area contributed by atoms with E-state index in [1.807, 2.05) is 18.2 Å². The molecule has 0 aliphatic carbocycles. The molecule has 0 bridgehead atoms. The standard InChI is InChI=1S/C17H24N2O4/c1-16(2,3)14-9-17(18,6-7-19(14)15(20)21)11-4-5-12-13(8-11)23-10-22-12/h4-5,8,14H,6-7,9-10,18H2,1-3H3,(H,20,21). The molecule has 0 spiro atoms. The Hall–Kier alpha value is -1.95. The van der Waals surface area contributed by atoms with Gasteiger partial charge in [-0.2, -0.15) is 0 Å². The van der Waals surface area contributed by atoms with E-state index < -0.39 is 11.6 Å². The van der Waals surface area contributed by atoms with E-state index in [9.17, 15) is 9.90 Å². The number of fused-ring (bicyclic) bond motifs is 1. The predicted octanol–water partition coefficient (Wildman–Crippen LogP) is 2.76. The first-order chi connectivity index (χ1) is 10.7. The van der Waals surface area contributed by atoms with Gasteiger partial charge < -0.3 is 25.2 Å². The van der Waals surface area contributed by atoms with Crippen LogP contribution in [-0.4, -0.2) is 35.5 Å². The van der Waals surface area contributed by atoms with E-state index in [0.717, 1.165) is 11.3 Å². The van der Waals surface area contributed by atoms with Crippen molar-refractivity contribution < 1.29 is 19.4 Å². The van der Waals surface area contributed by atoms with Crippen LogP contribution in [0.1, 0.15) is 39.2 Å². The SMILES string of the molecule is CC(C)(C)C1CC(N)(c2ccc3c(c2)OCO3)CCN1C(=O)O. The van der Waals surface area contributed by atoms with Crippen LogP contribution in [0.5, 0.6) is 11.5 Å². The maximum Gasteiger partial charge on any atom is 0.407 e. The molecule has 0 radical (unpaired) electrons. The van der Waals surface area contributed by atoms with Gasteiger partial charge in [-0.05, 0) is 36.0 Å². The van der Waals surface area contributed by atoms with Crippen LogP contribution in [0.15, 0.2) is 18.2 Å². The van der Waals surface area contributed by atoms with Gasteiger partial charge >= 0.3 is 6.09 Å². The first-order valence-corrected chi connectivity index (χ1v) is 7.89. The highest BCUT2D eigenvalue weighted by molar-refractivity contribution is 5.66. The number of piperidine rings is 1. The second-order valence-corrected chi connectivity index (χ2v) is 7.54. The monoisotopic (exact) mass is 320 g/mol. The van der Waals surface area contributed by atoms with E-state index in [0.29, 0.717) is 25.1 Å². The molecule has 2 heterocycles. The van der Waals surface area contributed by atoms with Gasteiger partial charge in [-0.3, -0.25) is 0 Å². The minimum Gasteiger partial charge on any atom is -0.465 e. The van der Waals surface area contributed by atoms with Crippen molar-refractivity contribution in [2.24, 2.45) is 11.1 Å². The molecular formula is C17H24N2O4. The molecule has 3 N–H and O–H groups in total. The van der Waals surface area contributed by atoms with Crippen LogP contribution in [0.25, 0.3) is 0 Å². The number of carboxylic acid groups (broad SMARTS) is 1. The fourth-order valence-electron chi connectivity index (χ4n) is 3.50. The van der Waals surface area contributed by atoms with Crippen LogP contribution in [0.2, 0.25) is 0 Å². The van der Waals surface area contributed by atoms with Crippen LogP contribution in [0, 0.1) is 5.41 Å². The third kappa shape index (κ3) is 2.83. The third-order valence-electron chi connectivity index (χ3n) is 4.93. The van der Waals surface area contributed by atoms with Gasteiger partial charge in [0.1, 0.15) is 0 Å². The zero-order chi connectivity index (χ0) is 16.8. The number of rotatable bonds is 1. The van der Waals surface area contributed by atoms with Crippen molar-refractivity contribution in [3.63, 3.8) is 0 Å². The molecule has 23 heavy (non-hydrogen) atoms. The third-order valence-corrected chi connectivity index (χ3v) is 4.93. The van der Waals surface area contributed by atoms with Crippen LogP contribution in [-0.2, 0) is 5.54 Å². The van der Waals surface area contributed by atoms with Crippen molar-refractivity contribution >= 4 is 6.09 Å².